The summed E-state index contributed by atoms with van der Waals surface area (Å²) in [5.74, 6) is -1.25. The maximum atomic E-state index is 12.5. The Morgan fingerprint density at radius 2 is 2.25 bits per heavy atom. The van der Waals surface area contributed by atoms with E-state index in [1.165, 1.54) is 16.2 Å². The summed E-state index contributed by atoms with van der Waals surface area (Å²) in [7, 11) is 0. The van der Waals surface area contributed by atoms with E-state index in [9.17, 15) is 14.7 Å². The molecule has 2 aromatic heterocycles. The van der Waals surface area contributed by atoms with Crippen LogP contribution < -0.4 is 0 Å². The average Bonchev–Trinajstić information content (AvgIpc) is 2.90. The van der Waals surface area contributed by atoms with Gasteiger partial charge in [-0.25, -0.2) is 14.8 Å². The van der Waals surface area contributed by atoms with Crippen LogP contribution in [-0.4, -0.2) is 44.4 Å². The van der Waals surface area contributed by atoms with E-state index in [1.54, 1.807) is 18.3 Å². The summed E-state index contributed by atoms with van der Waals surface area (Å²) in [6.45, 7) is 0.471. The van der Waals surface area contributed by atoms with E-state index in [0.717, 1.165) is 12.8 Å². The van der Waals surface area contributed by atoms with Crippen LogP contribution in [0.5, 0.6) is 0 Å². The Balaban J connectivity index is 1.92. The van der Waals surface area contributed by atoms with Gasteiger partial charge in [-0.1, -0.05) is 11.3 Å². The molecule has 1 fully saturated rings. The van der Waals surface area contributed by atoms with Gasteiger partial charge in [0.2, 0.25) is 0 Å². The van der Waals surface area contributed by atoms with Crippen molar-refractivity contribution in [2.24, 2.45) is 0 Å². The van der Waals surface area contributed by atoms with E-state index in [1.807, 2.05) is 0 Å². The summed E-state index contributed by atoms with van der Waals surface area (Å²) in [6.07, 6.45) is 3.82. The molecule has 1 atom stereocenters. The number of piperidine rings is 1. The predicted molar refractivity (Wildman–Crippen MR) is 73.7 cm³/mol. The van der Waals surface area contributed by atoms with Gasteiger partial charge in [-0.05, 0) is 31.4 Å². The summed E-state index contributed by atoms with van der Waals surface area (Å²) in [6, 6.07) is 2.81. The highest BCUT2D eigenvalue weighted by Gasteiger charge is 2.33. The fraction of sp³-hybridized carbons (Fsp3) is 0.385. The number of carboxylic acid groups (broad SMARTS) is 1. The van der Waals surface area contributed by atoms with Crippen molar-refractivity contribution in [2.45, 2.75) is 25.3 Å². The van der Waals surface area contributed by atoms with Gasteiger partial charge in [0, 0.05) is 12.7 Å². The molecule has 1 N–H and O–H groups in total. The second-order valence-corrected chi connectivity index (χ2v) is 5.67. The quantitative estimate of drug-likeness (QED) is 0.911. The number of amides is 1. The number of aromatic nitrogens is 2. The van der Waals surface area contributed by atoms with Gasteiger partial charge in [-0.2, -0.15) is 0 Å². The zero-order valence-electron chi connectivity index (χ0n) is 10.7. The average molecular weight is 291 g/mol. The van der Waals surface area contributed by atoms with Gasteiger partial charge < -0.3 is 10.0 Å². The first-order valence-corrected chi connectivity index (χ1v) is 7.24. The highest BCUT2D eigenvalue weighted by molar-refractivity contribution is 7.19. The lowest BCUT2D eigenvalue weighted by Crippen LogP contribution is -2.47. The normalized spacial score (nSPS) is 19.2. The number of rotatable bonds is 2. The molecular formula is C13H13N3O3S. The summed E-state index contributed by atoms with van der Waals surface area (Å²) >= 11 is 1.21. The molecule has 20 heavy (non-hydrogen) atoms. The lowest BCUT2D eigenvalue weighted by Gasteiger charge is -2.32. The standard InChI is InChI=1S/C13H13N3O3S/c17-12(16-7-2-1-5-9(16)13(18)19)11-15-8-4-3-6-14-10(8)20-11/h3-4,6,9H,1-2,5,7H2,(H,18,19). The number of thiazole rings is 1. The lowest BCUT2D eigenvalue weighted by molar-refractivity contribution is -0.143. The van der Waals surface area contributed by atoms with Gasteiger partial charge in [0.1, 0.15) is 16.4 Å². The molecule has 1 aliphatic rings. The van der Waals surface area contributed by atoms with Crippen LogP contribution in [0.25, 0.3) is 10.3 Å². The number of likely N-dealkylation sites (tertiary alicyclic amines) is 1. The van der Waals surface area contributed by atoms with Crippen molar-refractivity contribution in [1.29, 1.82) is 0 Å². The van der Waals surface area contributed by atoms with Crippen molar-refractivity contribution >= 4 is 33.6 Å². The van der Waals surface area contributed by atoms with E-state index in [2.05, 4.69) is 9.97 Å². The number of nitrogens with zero attached hydrogens (tertiary/aromatic N) is 3. The van der Waals surface area contributed by atoms with Crippen molar-refractivity contribution in [3.05, 3.63) is 23.3 Å². The molecule has 3 heterocycles. The van der Waals surface area contributed by atoms with Gasteiger partial charge in [-0.3, -0.25) is 4.79 Å². The van der Waals surface area contributed by atoms with Crippen LogP contribution in [0, 0.1) is 0 Å². The maximum Gasteiger partial charge on any atom is 0.326 e. The third-order valence-electron chi connectivity index (χ3n) is 3.40. The zero-order chi connectivity index (χ0) is 14.1. The Hall–Kier alpha value is -2.02. The minimum absolute atomic E-state index is 0.305. The van der Waals surface area contributed by atoms with E-state index >= 15 is 0 Å². The van der Waals surface area contributed by atoms with Crippen LogP contribution in [0.3, 0.4) is 0 Å². The summed E-state index contributed by atoms with van der Waals surface area (Å²) in [5, 5.41) is 9.53. The number of carbonyl (C=O) groups excluding carboxylic acids is 1. The molecule has 1 saturated heterocycles. The zero-order valence-corrected chi connectivity index (χ0v) is 11.5. The minimum atomic E-state index is -0.947. The van der Waals surface area contributed by atoms with Gasteiger partial charge in [0.05, 0.1) is 0 Å². The molecule has 0 spiro atoms. The topological polar surface area (TPSA) is 83.4 Å². The molecular weight excluding hydrogens is 278 g/mol. The van der Waals surface area contributed by atoms with Gasteiger partial charge in [0.25, 0.3) is 5.91 Å². The van der Waals surface area contributed by atoms with Crippen LogP contribution in [0.4, 0.5) is 0 Å². The fourth-order valence-electron chi connectivity index (χ4n) is 2.42. The fourth-order valence-corrected chi connectivity index (χ4v) is 3.28. The highest BCUT2D eigenvalue weighted by Crippen LogP contribution is 2.24. The number of hydrogen-bond donors (Lipinski definition) is 1. The Labute approximate surface area is 119 Å². The Kier molecular flexibility index (Phi) is 3.35. The number of pyridine rings is 1. The Morgan fingerprint density at radius 1 is 1.40 bits per heavy atom. The molecule has 0 aliphatic carbocycles. The molecule has 104 valence electrons. The van der Waals surface area contributed by atoms with E-state index in [4.69, 9.17) is 0 Å². The number of aliphatic carboxylic acids is 1. The first-order chi connectivity index (χ1) is 9.66. The Bertz CT molecular complexity index is 637. The van der Waals surface area contributed by atoms with Crippen molar-refractivity contribution in [3.63, 3.8) is 0 Å². The monoisotopic (exact) mass is 291 g/mol. The lowest BCUT2D eigenvalue weighted by atomic mass is 10.0. The van der Waals surface area contributed by atoms with Crippen LogP contribution in [0.15, 0.2) is 18.3 Å². The van der Waals surface area contributed by atoms with Crippen LogP contribution in [-0.2, 0) is 4.79 Å². The van der Waals surface area contributed by atoms with Crippen molar-refractivity contribution in [2.75, 3.05) is 6.54 Å². The molecule has 3 rings (SSSR count). The van der Waals surface area contributed by atoms with Crippen molar-refractivity contribution in [1.82, 2.24) is 14.9 Å². The molecule has 0 aromatic carbocycles. The molecule has 1 aliphatic heterocycles. The Morgan fingerprint density at radius 3 is 3.00 bits per heavy atom. The van der Waals surface area contributed by atoms with Crippen LogP contribution >= 0.6 is 11.3 Å². The minimum Gasteiger partial charge on any atom is -0.480 e. The summed E-state index contributed by atoms with van der Waals surface area (Å²) in [5.41, 5.74) is 0.671. The maximum absolute atomic E-state index is 12.5. The largest absolute Gasteiger partial charge is 0.480 e. The summed E-state index contributed by atoms with van der Waals surface area (Å²) < 4.78 is 0. The molecule has 0 saturated carbocycles. The number of fused-ring (bicyclic) bond motifs is 1. The van der Waals surface area contributed by atoms with E-state index < -0.39 is 12.0 Å². The van der Waals surface area contributed by atoms with E-state index in [0.29, 0.717) is 28.3 Å². The molecule has 1 unspecified atom stereocenters. The number of carbonyl (C=O) groups is 2. The first kappa shape index (κ1) is 13.0. The molecule has 6 nitrogen and oxygen atoms in total. The highest BCUT2D eigenvalue weighted by atomic mass is 32.1. The third kappa shape index (κ3) is 2.24. The molecule has 2 aromatic rings. The molecule has 0 radical (unpaired) electrons. The predicted octanol–water partition coefficient (Wildman–Crippen LogP) is 1.77. The van der Waals surface area contributed by atoms with Crippen molar-refractivity contribution in [3.8, 4) is 0 Å². The van der Waals surface area contributed by atoms with Gasteiger partial charge >= 0.3 is 5.97 Å². The third-order valence-corrected chi connectivity index (χ3v) is 4.37. The second kappa shape index (κ2) is 5.16. The van der Waals surface area contributed by atoms with E-state index in [-0.39, 0.29) is 5.91 Å². The van der Waals surface area contributed by atoms with Crippen LogP contribution in [0.1, 0.15) is 29.1 Å². The van der Waals surface area contributed by atoms with Crippen molar-refractivity contribution < 1.29 is 14.7 Å². The summed E-state index contributed by atoms with van der Waals surface area (Å²) in [4.78, 5) is 34.2. The smallest absolute Gasteiger partial charge is 0.326 e. The molecule has 1 amide bonds. The van der Waals surface area contributed by atoms with Crippen LogP contribution in [0.2, 0.25) is 0 Å². The van der Waals surface area contributed by atoms with Gasteiger partial charge in [-0.15, -0.1) is 0 Å². The number of hydrogen-bond acceptors (Lipinski definition) is 5. The molecule has 7 heteroatoms. The SMILES string of the molecule is O=C(O)C1CCCCN1C(=O)c1nc2cccnc2s1. The molecule has 0 bridgehead atoms. The van der Waals surface area contributed by atoms with Gasteiger partial charge in [0.15, 0.2) is 5.01 Å². The number of carboxylic acids is 1. The first-order valence-electron chi connectivity index (χ1n) is 6.42. The second-order valence-electron chi connectivity index (χ2n) is 4.70.